The molecule has 19 heavy (non-hydrogen) atoms. The first kappa shape index (κ1) is 13.5. The summed E-state index contributed by atoms with van der Waals surface area (Å²) in [5.74, 6) is -1.04. The second kappa shape index (κ2) is 4.65. The Bertz CT molecular complexity index is 521. The van der Waals surface area contributed by atoms with E-state index in [2.05, 4.69) is 10.4 Å². The zero-order valence-electron chi connectivity index (χ0n) is 11.3. The van der Waals surface area contributed by atoms with Crippen molar-refractivity contribution in [1.29, 1.82) is 0 Å². The smallest absolute Gasteiger partial charge is 0.339 e. The van der Waals surface area contributed by atoms with Crippen LogP contribution in [0.1, 0.15) is 29.9 Å². The number of carbonyl (C=O) groups excluding carboxylic acids is 1. The number of carbonyl (C=O) groups is 2. The fraction of sp³-hybridized carbons (Fsp3) is 0.583. The average Bonchev–Trinajstić information content (AvgIpc) is 2.67. The molecule has 0 atom stereocenters. The fourth-order valence-corrected chi connectivity index (χ4v) is 2.23. The van der Waals surface area contributed by atoms with E-state index in [1.54, 1.807) is 11.7 Å². The molecule has 0 aromatic carbocycles. The summed E-state index contributed by atoms with van der Waals surface area (Å²) in [6.07, 6.45) is 1.34. The van der Waals surface area contributed by atoms with Crippen molar-refractivity contribution in [2.24, 2.45) is 7.05 Å². The summed E-state index contributed by atoms with van der Waals surface area (Å²) in [6, 6.07) is 0. The van der Waals surface area contributed by atoms with Crippen molar-refractivity contribution in [1.82, 2.24) is 20.0 Å². The molecule has 2 N–H and O–H groups in total. The number of amides is 1. The Morgan fingerprint density at radius 3 is 2.89 bits per heavy atom. The molecule has 1 aromatic rings. The minimum atomic E-state index is -0.998. The lowest BCUT2D eigenvalue weighted by atomic mass is 9.98. The normalized spacial score (nSPS) is 19.2. The van der Waals surface area contributed by atoms with Crippen LogP contribution in [0.15, 0.2) is 6.20 Å². The van der Waals surface area contributed by atoms with E-state index in [-0.39, 0.29) is 11.5 Å². The summed E-state index contributed by atoms with van der Waals surface area (Å²) < 4.78 is 1.55. The predicted molar refractivity (Wildman–Crippen MR) is 67.7 cm³/mol. The van der Waals surface area contributed by atoms with Gasteiger partial charge in [0.05, 0.1) is 17.4 Å². The summed E-state index contributed by atoms with van der Waals surface area (Å²) in [6.45, 7) is 5.31. The Labute approximate surface area is 111 Å². The molecule has 1 fully saturated rings. The number of aromatic carboxylic acids is 1. The van der Waals surface area contributed by atoms with Crippen LogP contribution in [0.3, 0.4) is 0 Å². The van der Waals surface area contributed by atoms with Crippen LogP contribution in [0.4, 0.5) is 0 Å². The van der Waals surface area contributed by atoms with Gasteiger partial charge in [0.2, 0.25) is 5.91 Å². The monoisotopic (exact) mass is 266 g/mol. The number of carboxylic acid groups (broad SMARTS) is 1. The number of rotatable bonds is 3. The highest BCUT2D eigenvalue weighted by atomic mass is 16.4. The molecule has 2 rings (SSSR count). The van der Waals surface area contributed by atoms with Crippen LogP contribution in [0.25, 0.3) is 0 Å². The van der Waals surface area contributed by atoms with Gasteiger partial charge in [-0.15, -0.1) is 0 Å². The standard InChI is InChI=1S/C12H18N4O3/c1-12(2)11(19)13-4-5-16(12)7-9-8(10(17)18)6-14-15(9)3/h6H,4-5,7H2,1-3H3,(H,13,19)(H,17,18). The second-order valence-electron chi connectivity index (χ2n) is 5.17. The summed E-state index contributed by atoms with van der Waals surface area (Å²) in [4.78, 5) is 25.0. The fourth-order valence-electron chi connectivity index (χ4n) is 2.23. The molecule has 0 unspecified atom stereocenters. The Kier molecular flexibility index (Phi) is 3.32. The summed E-state index contributed by atoms with van der Waals surface area (Å²) in [5, 5.41) is 15.9. The Hall–Kier alpha value is -1.89. The molecule has 1 saturated heterocycles. The number of piperazine rings is 1. The van der Waals surface area contributed by atoms with E-state index >= 15 is 0 Å². The number of aromatic nitrogens is 2. The van der Waals surface area contributed by atoms with Gasteiger partial charge in [0.15, 0.2) is 0 Å². The number of hydrogen-bond acceptors (Lipinski definition) is 4. The second-order valence-corrected chi connectivity index (χ2v) is 5.17. The van der Waals surface area contributed by atoms with Gasteiger partial charge >= 0.3 is 5.97 Å². The quantitative estimate of drug-likeness (QED) is 0.793. The molecule has 1 aliphatic rings. The lowest BCUT2D eigenvalue weighted by Gasteiger charge is -2.41. The molecule has 1 aromatic heterocycles. The minimum absolute atomic E-state index is 0.0437. The number of hydrogen-bond donors (Lipinski definition) is 2. The van der Waals surface area contributed by atoms with Gasteiger partial charge in [-0.1, -0.05) is 0 Å². The van der Waals surface area contributed by atoms with Crippen molar-refractivity contribution in [2.45, 2.75) is 25.9 Å². The van der Waals surface area contributed by atoms with Crippen LogP contribution in [0.2, 0.25) is 0 Å². The molecular weight excluding hydrogens is 248 g/mol. The van der Waals surface area contributed by atoms with E-state index in [9.17, 15) is 9.59 Å². The lowest BCUT2D eigenvalue weighted by Crippen LogP contribution is -2.61. The van der Waals surface area contributed by atoms with Crippen LogP contribution >= 0.6 is 0 Å². The average molecular weight is 266 g/mol. The highest BCUT2D eigenvalue weighted by molar-refractivity contribution is 5.89. The van der Waals surface area contributed by atoms with E-state index < -0.39 is 11.5 Å². The van der Waals surface area contributed by atoms with Crippen LogP contribution in [0, 0.1) is 0 Å². The van der Waals surface area contributed by atoms with Crippen molar-refractivity contribution < 1.29 is 14.7 Å². The maximum absolute atomic E-state index is 11.9. The molecule has 2 heterocycles. The summed E-state index contributed by atoms with van der Waals surface area (Å²) in [5.41, 5.74) is 0.137. The third-order valence-corrected chi connectivity index (χ3v) is 3.65. The van der Waals surface area contributed by atoms with Gasteiger partial charge in [-0.05, 0) is 13.8 Å². The van der Waals surface area contributed by atoms with Gasteiger partial charge in [0.25, 0.3) is 0 Å². The summed E-state index contributed by atoms with van der Waals surface area (Å²) in [7, 11) is 1.71. The zero-order chi connectivity index (χ0) is 14.2. The van der Waals surface area contributed by atoms with Crippen LogP contribution in [0.5, 0.6) is 0 Å². The Balaban J connectivity index is 2.28. The Morgan fingerprint density at radius 1 is 1.58 bits per heavy atom. The largest absolute Gasteiger partial charge is 0.478 e. The van der Waals surface area contributed by atoms with E-state index in [0.717, 1.165) is 0 Å². The van der Waals surface area contributed by atoms with Gasteiger partial charge in [-0.25, -0.2) is 4.79 Å². The maximum atomic E-state index is 11.9. The van der Waals surface area contributed by atoms with Crippen molar-refractivity contribution in [3.63, 3.8) is 0 Å². The maximum Gasteiger partial charge on any atom is 0.339 e. The minimum Gasteiger partial charge on any atom is -0.478 e. The third-order valence-electron chi connectivity index (χ3n) is 3.65. The molecule has 7 nitrogen and oxygen atoms in total. The molecular formula is C12H18N4O3. The van der Waals surface area contributed by atoms with Crippen LogP contribution in [-0.2, 0) is 18.4 Å². The number of carboxylic acids is 1. The number of aryl methyl sites for hydroxylation is 1. The first-order chi connectivity index (χ1) is 8.84. The molecule has 0 bridgehead atoms. The molecule has 0 radical (unpaired) electrons. The number of nitrogens with zero attached hydrogens (tertiary/aromatic N) is 3. The lowest BCUT2D eigenvalue weighted by molar-refractivity contribution is -0.135. The van der Waals surface area contributed by atoms with Gasteiger partial charge < -0.3 is 10.4 Å². The SMILES string of the molecule is Cn1ncc(C(=O)O)c1CN1CCNC(=O)C1(C)C. The van der Waals surface area contributed by atoms with E-state index in [1.807, 2.05) is 18.7 Å². The van der Waals surface area contributed by atoms with Gasteiger partial charge in [0.1, 0.15) is 5.56 Å². The van der Waals surface area contributed by atoms with Crippen molar-refractivity contribution in [2.75, 3.05) is 13.1 Å². The molecule has 0 spiro atoms. The predicted octanol–water partition coefficient (Wildman–Crippen LogP) is -0.171. The van der Waals surface area contributed by atoms with Crippen molar-refractivity contribution in [3.8, 4) is 0 Å². The third kappa shape index (κ3) is 2.33. The first-order valence-corrected chi connectivity index (χ1v) is 6.11. The molecule has 7 heteroatoms. The van der Waals surface area contributed by atoms with Gasteiger partial charge in [0, 0.05) is 26.7 Å². The molecule has 104 valence electrons. The molecule has 1 aliphatic heterocycles. The van der Waals surface area contributed by atoms with Crippen LogP contribution in [-0.4, -0.2) is 50.3 Å². The van der Waals surface area contributed by atoms with Gasteiger partial charge in [-0.2, -0.15) is 5.10 Å². The summed E-state index contributed by atoms with van der Waals surface area (Å²) >= 11 is 0. The van der Waals surface area contributed by atoms with E-state index in [4.69, 9.17) is 5.11 Å². The molecule has 0 saturated carbocycles. The first-order valence-electron chi connectivity index (χ1n) is 6.11. The molecule has 0 aliphatic carbocycles. The molecule has 1 amide bonds. The van der Waals surface area contributed by atoms with E-state index in [1.165, 1.54) is 6.20 Å². The zero-order valence-corrected chi connectivity index (χ0v) is 11.3. The van der Waals surface area contributed by atoms with Crippen molar-refractivity contribution >= 4 is 11.9 Å². The van der Waals surface area contributed by atoms with Crippen molar-refractivity contribution in [3.05, 3.63) is 17.5 Å². The van der Waals surface area contributed by atoms with Crippen LogP contribution < -0.4 is 5.32 Å². The highest BCUT2D eigenvalue weighted by Gasteiger charge is 2.38. The Morgan fingerprint density at radius 2 is 2.26 bits per heavy atom. The highest BCUT2D eigenvalue weighted by Crippen LogP contribution is 2.21. The van der Waals surface area contributed by atoms with E-state index in [0.29, 0.717) is 25.3 Å². The number of nitrogens with one attached hydrogen (secondary N) is 1. The van der Waals surface area contributed by atoms with Gasteiger partial charge in [-0.3, -0.25) is 14.4 Å². The topological polar surface area (TPSA) is 87.5 Å².